The second kappa shape index (κ2) is 4.70. The van der Waals surface area contributed by atoms with Crippen molar-refractivity contribution < 1.29 is 0 Å². The first kappa shape index (κ1) is 11.6. The van der Waals surface area contributed by atoms with E-state index in [4.69, 9.17) is 0 Å². The van der Waals surface area contributed by atoms with E-state index in [-0.39, 0.29) is 0 Å². The molecule has 4 bridgehead atoms. The average Bonchev–Trinajstić information content (AvgIpc) is 2.86. The van der Waals surface area contributed by atoms with Gasteiger partial charge >= 0.3 is 0 Å². The third-order valence-corrected chi connectivity index (χ3v) is 5.46. The normalized spacial score (nSPS) is 35.2. The lowest BCUT2D eigenvalue weighted by Crippen LogP contribution is -2.38. The van der Waals surface area contributed by atoms with Crippen molar-refractivity contribution in [1.82, 2.24) is 4.98 Å². The maximum Gasteiger partial charge on any atom is 0.0453 e. The van der Waals surface area contributed by atoms with E-state index in [1.54, 1.807) is 38.5 Å². The first-order chi connectivity index (χ1) is 9.37. The van der Waals surface area contributed by atoms with Gasteiger partial charge in [-0.05, 0) is 79.7 Å². The SMILES string of the molecule is C1C2CC3CC1CC(C2)C3.c1ccc2[nH]ccc2c1. The van der Waals surface area contributed by atoms with Gasteiger partial charge in [0.25, 0.3) is 0 Å². The fourth-order valence-corrected chi connectivity index (χ4v) is 4.98. The molecule has 1 aromatic heterocycles. The Hall–Kier alpha value is -1.24. The Morgan fingerprint density at radius 3 is 1.74 bits per heavy atom. The van der Waals surface area contributed by atoms with Crippen LogP contribution in [0.3, 0.4) is 0 Å². The van der Waals surface area contributed by atoms with Crippen LogP contribution in [0.5, 0.6) is 0 Å². The van der Waals surface area contributed by atoms with Crippen LogP contribution in [0.4, 0.5) is 0 Å². The summed E-state index contributed by atoms with van der Waals surface area (Å²) in [6.45, 7) is 0. The maximum atomic E-state index is 3.12. The molecule has 0 unspecified atom stereocenters. The molecule has 1 heterocycles. The third-order valence-electron chi connectivity index (χ3n) is 5.46. The minimum absolute atomic E-state index is 1.18. The van der Waals surface area contributed by atoms with E-state index in [0.717, 1.165) is 0 Å². The molecule has 4 fully saturated rings. The van der Waals surface area contributed by atoms with Crippen molar-refractivity contribution in [2.45, 2.75) is 38.5 Å². The van der Waals surface area contributed by atoms with Crippen LogP contribution >= 0.6 is 0 Å². The van der Waals surface area contributed by atoms with Crippen LogP contribution in [-0.2, 0) is 0 Å². The zero-order valence-electron chi connectivity index (χ0n) is 11.5. The number of hydrogen-bond donors (Lipinski definition) is 1. The standard InChI is InChI=1S/C10H16.C8H7N/c1-7-2-9-4-8(1)5-10(3-7)6-9;1-2-4-8-7(3-1)5-6-9-8/h7-10H,1-6H2;1-6,9H. The van der Waals surface area contributed by atoms with Gasteiger partial charge < -0.3 is 4.98 Å². The van der Waals surface area contributed by atoms with Crippen LogP contribution in [0, 0.1) is 23.7 Å². The minimum atomic E-state index is 1.18. The van der Waals surface area contributed by atoms with Crippen molar-refractivity contribution >= 4 is 10.9 Å². The number of hydrogen-bond acceptors (Lipinski definition) is 0. The fraction of sp³-hybridized carbons (Fsp3) is 0.556. The quantitative estimate of drug-likeness (QED) is 0.680. The largest absolute Gasteiger partial charge is 0.361 e. The van der Waals surface area contributed by atoms with Crippen LogP contribution in [-0.4, -0.2) is 4.98 Å². The van der Waals surface area contributed by atoms with Gasteiger partial charge in [-0.3, -0.25) is 0 Å². The van der Waals surface area contributed by atoms with Gasteiger partial charge in [-0.15, -0.1) is 0 Å². The fourth-order valence-electron chi connectivity index (χ4n) is 4.98. The molecule has 0 amide bonds. The summed E-state index contributed by atoms with van der Waals surface area (Å²) in [7, 11) is 0. The lowest BCUT2D eigenvalue weighted by atomic mass is 9.56. The van der Waals surface area contributed by atoms with E-state index in [0.29, 0.717) is 0 Å². The molecule has 0 saturated heterocycles. The predicted octanol–water partition coefficient (Wildman–Crippen LogP) is 5.00. The Morgan fingerprint density at radius 1 is 0.684 bits per heavy atom. The molecule has 0 aliphatic heterocycles. The molecule has 0 atom stereocenters. The van der Waals surface area contributed by atoms with Gasteiger partial charge in [-0.1, -0.05) is 18.2 Å². The van der Waals surface area contributed by atoms with E-state index in [1.807, 2.05) is 18.3 Å². The van der Waals surface area contributed by atoms with E-state index >= 15 is 0 Å². The molecule has 1 aromatic carbocycles. The van der Waals surface area contributed by atoms with Crippen molar-refractivity contribution in [2.24, 2.45) is 23.7 Å². The summed E-state index contributed by atoms with van der Waals surface area (Å²) in [6, 6.07) is 10.3. The van der Waals surface area contributed by atoms with E-state index < -0.39 is 0 Å². The number of fused-ring (bicyclic) bond motifs is 1. The molecule has 4 aliphatic carbocycles. The highest BCUT2D eigenvalue weighted by Gasteiger charge is 2.41. The van der Waals surface area contributed by atoms with Gasteiger partial charge in [0.05, 0.1) is 0 Å². The summed E-state index contributed by atoms with van der Waals surface area (Å²) in [5.41, 5.74) is 1.21. The minimum Gasteiger partial charge on any atom is -0.361 e. The van der Waals surface area contributed by atoms with Crippen LogP contribution in [0.2, 0.25) is 0 Å². The topological polar surface area (TPSA) is 15.8 Å². The highest BCUT2D eigenvalue weighted by molar-refractivity contribution is 5.78. The Balaban J connectivity index is 0.000000103. The molecule has 4 aliphatic rings. The van der Waals surface area contributed by atoms with Gasteiger partial charge in [0.2, 0.25) is 0 Å². The summed E-state index contributed by atoms with van der Waals surface area (Å²) in [5.74, 6) is 4.71. The highest BCUT2D eigenvalue weighted by atomic mass is 14.7. The highest BCUT2D eigenvalue weighted by Crippen LogP contribution is 2.53. The van der Waals surface area contributed by atoms with Crippen LogP contribution < -0.4 is 0 Å². The Kier molecular flexibility index (Phi) is 2.86. The van der Waals surface area contributed by atoms with Gasteiger partial charge in [-0.25, -0.2) is 0 Å². The zero-order valence-corrected chi connectivity index (χ0v) is 11.5. The van der Waals surface area contributed by atoms with E-state index in [2.05, 4.69) is 23.2 Å². The molecule has 4 saturated carbocycles. The van der Waals surface area contributed by atoms with E-state index in [1.165, 1.54) is 34.6 Å². The van der Waals surface area contributed by atoms with Crippen molar-refractivity contribution in [3.63, 3.8) is 0 Å². The number of benzene rings is 1. The summed E-state index contributed by atoms with van der Waals surface area (Å²) >= 11 is 0. The number of aromatic amines is 1. The van der Waals surface area contributed by atoms with Crippen molar-refractivity contribution in [3.05, 3.63) is 36.5 Å². The van der Waals surface area contributed by atoms with Crippen molar-refractivity contribution in [3.8, 4) is 0 Å². The zero-order chi connectivity index (χ0) is 12.7. The first-order valence-corrected chi connectivity index (χ1v) is 7.89. The molecular weight excluding hydrogens is 230 g/mol. The smallest absolute Gasteiger partial charge is 0.0453 e. The molecule has 19 heavy (non-hydrogen) atoms. The summed E-state index contributed by atoms with van der Waals surface area (Å²) in [5, 5.41) is 1.28. The summed E-state index contributed by atoms with van der Waals surface area (Å²) in [4.78, 5) is 3.12. The van der Waals surface area contributed by atoms with Crippen LogP contribution in [0.1, 0.15) is 38.5 Å². The number of H-pyrrole nitrogens is 1. The van der Waals surface area contributed by atoms with Gasteiger partial charge in [0.15, 0.2) is 0 Å². The van der Waals surface area contributed by atoms with Crippen molar-refractivity contribution in [1.29, 1.82) is 0 Å². The summed E-state index contributed by atoms with van der Waals surface area (Å²) < 4.78 is 0. The molecule has 0 spiro atoms. The molecule has 1 heteroatoms. The average molecular weight is 253 g/mol. The molecule has 6 rings (SSSR count). The molecule has 1 N–H and O–H groups in total. The first-order valence-electron chi connectivity index (χ1n) is 7.89. The van der Waals surface area contributed by atoms with Crippen LogP contribution in [0.25, 0.3) is 10.9 Å². The number of aromatic nitrogens is 1. The third kappa shape index (κ3) is 2.31. The lowest BCUT2D eigenvalue weighted by molar-refractivity contribution is 0.0198. The Labute approximate surface area is 115 Å². The van der Waals surface area contributed by atoms with Crippen LogP contribution in [0.15, 0.2) is 36.5 Å². The number of rotatable bonds is 0. The number of nitrogens with one attached hydrogen (secondary N) is 1. The van der Waals surface area contributed by atoms with E-state index in [9.17, 15) is 0 Å². The Bertz CT molecular complexity index is 467. The van der Waals surface area contributed by atoms with Gasteiger partial charge in [0, 0.05) is 11.7 Å². The number of para-hydroxylation sites is 1. The molecule has 2 aromatic rings. The Morgan fingerprint density at radius 2 is 1.21 bits per heavy atom. The second-order valence-electron chi connectivity index (χ2n) is 6.94. The predicted molar refractivity (Wildman–Crippen MR) is 80.0 cm³/mol. The molecular formula is C18H23N. The second-order valence-corrected chi connectivity index (χ2v) is 6.94. The maximum absolute atomic E-state index is 3.12. The molecule has 0 radical (unpaired) electrons. The molecule has 1 nitrogen and oxygen atoms in total. The van der Waals surface area contributed by atoms with Gasteiger partial charge in [0.1, 0.15) is 0 Å². The lowest BCUT2D eigenvalue weighted by Gasteiger charge is -2.49. The van der Waals surface area contributed by atoms with Gasteiger partial charge in [-0.2, -0.15) is 0 Å². The monoisotopic (exact) mass is 253 g/mol. The van der Waals surface area contributed by atoms with Crippen molar-refractivity contribution in [2.75, 3.05) is 0 Å². The molecule has 100 valence electrons. The summed E-state index contributed by atoms with van der Waals surface area (Å²) in [6.07, 6.45) is 11.6.